The zero-order valence-electron chi connectivity index (χ0n) is 11.0. The van der Waals surface area contributed by atoms with Crippen LogP contribution in [0.25, 0.3) is 0 Å². The van der Waals surface area contributed by atoms with Crippen molar-refractivity contribution in [3.63, 3.8) is 0 Å². The van der Waals surface area contributed by atoms with Crippen molar-refractivity contribution in [1.82, 2.24) is 0 Å². The van der Waals surface area contributed by atoms with Gasteiger partial charge in [0.05, 0.1) is 12.4 Å². The summed E-state index contributed by atoms with van der Waals surface area (Å²) < 4.78 is 5.27. The molecule has 1 atom stereocenters. The molecule has 1 unspecified atom stereocenters. The van der Waals surface area contributed by atoms with Gasteiger partial charge in [0.25, 0.3) is 0 Å². The van der Waals surface area contributed by atoms with Crippen LogP contribution in [0.5, 0.6) is 0 Å². The molecule has 18 heavy (non-hydrogen) atoms. The van der Waals surface area contributed by atoms with E-state index in [9.17, 15) is 5.11 Å². The van der Waals surface area contributed by atoms with E-state index >= 15 is 0 Å². The Morgan fingerprint density at radius 1 is 1.11 bits per heavy atom. The maximum Gasteiger partial charge on any atom is 0.103 e. The Balaban J connectivity index is 1.92. The molecule has 2 aromatic rings. The number of aryl methyl sites for hydroxylation is 3. The second-order valence-electron chi connectivity index (χ2n) is 4.85. The zero-order chi connectivity index (χ0) is 13.0. The lowest BCUT2D eigenvalue weighted by molar-refractivity contribution is 0.162. The van der Waals surface area contributed by atoms with Crippen LogP contribution in [0.15, 0.2) is 41.0 Å². The standard InChI is InChI=1S/C16H20O2/c1-12-5-3-6-13(2)16(12)11-14(17)8-9-15-7-4-10-18-15/h3-7,10,14,17H,8-9,11H2,1-2H3. The first-order valence-electron chi connectivity index (χ1n) is 6.42. The summed E-state index contributed by atoms with van der Waals surface area (Å²) in [5.74, 6) is 0.940. The minimum atomic E-state index is -0.310. The van der Waals surface area contributed by atoms with E-state index in [1.807, 2.05) is 12.1 Å². The van der Waals surface area contributed by atoms with Gasteiger partial charge in [0.1, 0.15) is 5.76 Å². The molecule has 1 aromatic carbocycles. The van der Waals surface area contributed by atoms with E-state index in [2.05, 4.69) is 32.0 Å². The average Bonchev–Trinajstić information content (AvgIpc) is 2.84. The monoisotopic (exact) mass is 244 g/mol. The molecule has 2 nitrogen and oxygen atoms in total. The first-order chi connectivity index (χ1) is 8.66. The van der Waals surface area contributed by atoms with Crippen molar-refractivity contribution in [2.24, 2.45) is 0 Å². The Morgan fingerprint density at radius 3 is 2.44 bits per heavy atom. The molecule has 1 N–H and O–H groups in total. The molecule has 0 fully saturated rings. The van der Waals surface area contributed by atoms with Crippen molar-refractivity contribution < 1.29 is 9.52 Å². The Kier molecular flexibility index (Phi) is 4.21. The Morgan fingerprint density at radius 2 is 1.83 bits per heavy atom. The summed E-state index contributed by atoms with van der Waals surface area (Å²) in [5, 5.41) is 10.1. The molecule has 1 aromatic heterocycles. The summed E-state index contributed by atoms with van der Waals surface area (Å²) in [5.41, 5.74) is 3.78. The van der Waals surface area contributed by atoms with Crippen LogP contribution >= 0.6 is 0 Å². The summed E-state index contributed by atoms with van der Waals surface area (Å²) in [4.78, 5) is 0. The third-order valence-electron chi connectivity index (χ3n) is 3.39. The van der Waals surface area contributed by atoms with E-state index in [4.69, 9.17) is 4.42 Å². The molecule has 0 bridgehead atoms. The van der Waals surface area contributed by atoms with Gasteiger partial charge in [-0.25, -0.2) is 0 Å². The third kappa shape index (κ3) is 3.23. The lowest BCUT2D eigenvalue weighted by atomic mass is 9.96. The van der Waals surface area contributed by atoms with E-state index < -0.39 is 0 Å². The predicted octanol–water partition coefficient (Wildman–Crippen LogP) is 3.43. The number of aliphatic hydroxyl groups excluding tert-OH is 1. The molecule has 0 spiro atoms. The third-order valence-corrected chi connectivity index (χ3v) is 3.39. The van der Waals surface area contributed by atoms with Crippen LogP contribution in [0.4, 0.5) is 0 Å². The highest BCUT2D eigenvalue weighted by Crippen LogP contribution is 2.17. The molecule has 0 amide bonds. The highest BCUT2D eigenvalue weighted by molar-refractivity contribution is 5.33. The number of hydrogen-bond donors (Lipinski definition) is 1. The highest BCUT2D eigenvalue weighted by Gasteiger charge is 2.10. The molecule has 1 heterocycles. The van der Waals surface area contributed by atoms with E-state index in [0.717, 1.165) is 25.0 Å². The van der Waals surface area contributed by atoms with Gasteiger partial charge in [-0.3, -0.25) is 0 Å². The van der Waals surface area contributed by atoms with Gasteiger partial charge in [-0.15, -0.1) is 0 Å². The van der Waals surface area contributed by atoms with Crippen LogP contribution < -0.4 is 0 Å². The van der Waals surface area contributed by atoms with Gasteiger partial charge in [-0.1, -0.05) is 18.2 Å². The van der Waals surface area contributed by atoms with Crippen LogP contribution in [0.2, 0.25) is 0 Å². The highest BCUT2D eigenvalue weighted by atomic mass is 16.3. The lowest BCUT2D eigenvalue weighted by Crippen LogP contribution is -2.13. The van der Waals surface area contributed by atoms with E-state index in [-0.39, 0.29) is 6.10 Å². The topological polar surface area (TPSA) is 33.4 Å². The maximum atomic E-state index is 10.1. The van der Waals surface area contributed by atoms with E-state index in [0.29, 0.717) is 0 Å². The molecule has 0 saturated heterocycles. The normalized spacial score (nSPS) is 12.6. The maximum absolute atomic E-state index is 10.1. The van der Waals surface area contributed by atoms with Crippen LogP contribution in [0.1, 0.15) is 28.9 Å². The fraction of sp³-hybridized carbons (Fsp3) is 0.375. The molecular formula is C16H20O2. The second kappa shape index (κ2) is 5.87. The molecule has 0 aliphatic rings. The van der Waals surface area contributed by atoms with Crippen molar-refractivity contribution in [1.29, 1.82) is 0 Å². The van der Waals surface area contributed by atoms with Crippen molar-refractivity contribution >= 4 is 0 Å². The second-order valence-corrected chi connectivity index (χ2v) is 4.85. The van der Waals surface area contributed by atoms with Gasteiger partial charge < -0.3 is 9.52 Å². The Hall–Kier alpha value is -1.54. The van der Waals surface area contributed by atoms with Gasteiger partial charge >= 0.3 is 0 Å². The summed E-state index contributed by atoms with van der Waals surface area (Å²) in [7, 11) is 0. The van der Waals surface area contributed by atoms with Gasteiger partial charge in [-0.2, -0.15) is 0 Å². The zero-order valence-corrected chi connectivity index (χ0v) is 11.0. The number of hydrogen-bond acceptors (Lipinski definition) is 2. The number of aliphatic hydroxyl groups is 1. The molecule has 0 saturated carbocycles. The minimum Gasteiger partial charge on any atom is -0.469 e. The minimum absolute atomic E-state index is 0.310. The van der Waals surface area contributed by atoms with Crippen molar-refractivity contribution in [2.45, 2.75) is 39.2 Å². The van der Waals surface area contributed by atoms with Crippen molar-refractivity contribution in [3.8, 4) is 0 Å². The largest absolute Gasteiger partial charge is 0.469 e. The lowest BCUT2D eigenvalue weighted by Gasteiger charge is -2.14. The molecule has 0 radical (unpaired) electrons. The Labute approximate surface area is 108 Å². The first kappa shape index (κ1) is 12.9. The van der Waals surface area contributed by atoms with Crippen molar-refractivity contribution in [3.05, 3.63) is 59.0 Å². The summed E-state index contributed by atoms with van der Waals surface area (Å²) >= 11 is 0. The summed E-state index contributed by atoms with van der Waals surface area (Å²) in [6.45, 7) is 4.20. The molecule has 2 heteroatoms. The smallest absolute Gasteiger partial charge is 0.103 e. The van der Waals surface area contributed by atoms with Gasteiger partial charge in [0.15, 0.2) is 0 Å². The fourth-order valence-corrected chi connectivity index (χ4v) is 2.27. The molecule has 0 aliphatic carbocycles. The number of benzene rings is 1. The quantitative estimate of drug-likeness (QED) is 0.874. The summed E-state index contributed by atoms with van der Waals surface area (Å²) in [6, 6.07) is 10.1. The molecule has 96 valence electrons. The van der Waals surface area contributed by atoms with Crippen LogP contribution in [0.3, 0.4) is 0 Å². The van der Waals surface area contributed by atoms with E-state index in [1.54, 1.807) is 6.26 Å². The SMILES string of the molecule is Cc1cccc(C)c1CC(O)CCc1ccco1. The van der Waals surface area contributed by atoms with Gasteiger partial charge in [0.2, 0.25) is 0 Å². The molecular weight excluding hydrogens is 224 g/mol. The van der Waals surface area contributed by atoms with Gasteiger partial charge in [-0.05, 0) is 55.5 Å². The molecule has 0 aliphatic heterocycles. The van der Waals surface area contributed by atoms with Crippen LogP contribution in [-0.4, -0.2) is 11.2 Å². The van der Waals surface area contributed by atoms with Gasteiger partial charge in [0, 0.05) is 6.42 Å². The Bertz CT molecular complexity index is 466. The predicted molar refractivity (Wildman–Crippen MR) is 72.7 cm³/mol. The molecule has 2 rings (SSSR count). The average molecular weight is 244 g/mol. The number of rotatable bonds is 5. The first-order valence-corrected chi connectivity index (χ1v) is 6.42. The van der Waals surface area contributed by atoms with E-state index in [1.165, 1.54) is 16.7 Å². The van der Waals surface area contributed by atoms with Crippen molar-refractivity contribution in [2.75, 3.05) is 0 Å². The fourth-order valence-electron chi connectivity index (χ4n) is 2.27. The summed E-state index contributed by atoms with van der Waals surface area (Å²) in [6.07, 6.45) is 3.61. The van der Waals surface area contributed by atoms with Crippen LogP contribution in [0, 0.1) is 13.8 Å². The number of furan rings is 1. The van der Waals surface area contributed by atoms with Crippen LogP contribution in [-0.2, 0) is 12.8 Å².